The zero-order valence-electron chi connectivity index (χ0n) is 6.95. The molecule has 0 bridgehead atoms. The highest BCUT2D eigenvalue weighted by Crippen LogP contribution is 2.35. The van der Waals surface area contributed by atoms with Crippen molar-refractivity contribution in [3.63, 3.8) is 0 Å². The van der Waals surface area contributed by atoms with Crippen molar-refractivity contribution in [1.82, 2.24) is 9.55 Å². The van der Waals surface area contributed by atoms with E-state index in [1.165, 1.54) is 0 Å². The number of ketones is 1. The molecule has 2 N–H and O–H groups in total. The average Bonchev–Trinajstić information content (AvgIpc) is 2.63. The van der Waals surface area contributed by atoms with Gasteiger partial charge in [0.05, 0.1) is 18.1 Å². The molecule has 0 radical (unpaired) electrons. The fourth-order valence-electron chi connectivity index (χ4n) is 1.19. The zero-order chi connectivity index (χ0) is 8.77. The van der Waals surface area contributed by atoms with E-state index in [1.54, 1.807) is 24.1 Å². The fraction of sp³-hybridized carbons (Fsp3) is 0.500. The molecule has 1 saturated carbocycles. The van der Waals surface area contributed by atoms with Crippen molar-refractivity contribution in [1.29, 1.82) is 0 Å². The van der Waals surface area contributed by atoms with Gasteiger partial charge in [-0.1, -0.05) is 0 Å². The van der Waals surface area contributed by atoms with Gasteiger partial charge in [0.1, 0.15) is 5.69 Å². The summed E-state index contributed by atoms with van der Waals surface area (Å²) in [6.45, 7) is 0. The van der Waals surface area contributed by atoms with E-state index in [-0.39, 0.29) is 5.78 Å². The third kappa shape index (κ3) is 0.956. The monoisotopic (exact) mass is 165 g/mol. The van der Waals surface area contributed by atoms with Crippen molar-refractivity contribution >= 4 is 5.78 Å². The summed E-state index contributed by atoms with van der Waals surface area (Å²) in [5.74, 6) is 0.0162. The van der Waals surface area contributed by atoms with Gasteiger partial charge in [0.2, 0.25) is 5.78 Å². The predicted octanol–water partition coefficient (Wildman–Crippen LogP) is 0.0941. The average molecular weight is 165 g/mol. The molecule has 0 amide bonds. The minimum atomic E-state index is -0.576. The minimum absolute atomic E-state index is 0.0162. The van der Waals surface area contributed by atoms with Crippen LogP contribution in [0.3, 0.4) is 0 Å². The van der Waals surface area contributed by atoms with E-state index in [0.29, 0.717) is 5.69 Å². The molecule has 1 aliphatic carbocycles. The first kappa shape index (κ1) is 7.49. The maximum absolute atomic E-state index is 11.6. The number of carbonyl (C=O) groups is 1. The highest BCUT2D eigenvalue weighted by Gasteiger charge is 2.46. The molecule has 1 aromatic rings. The van der Waals surface area contributed by atoms with E-state index in [0.717, 1.165) is 12.8 Å². The lowest BCUT2D eigenvalue weighted by Crippen LogP contribution is -2.33. The second-order valence-corrected chi connectivity index (χ2v) is 3.38. The van der Waals surface area contributed by atoms with E-state index < -0.39 is 5.54 Å². The van der Waals surface area contributed by atoms with E-state index in [2.05, 4.69) is 4.98 Å². The molecule has 2 rings (SSSR count). The molecule has 4 heteroatoms. The van der Waals surface area contributed by atoms with Crippen molar-refractivity contribution < 1.29 is 4.79 Å². The van der Waals surface area contributed by atoms with Crippen molar-refractivity contribution in [2.75, 3.05) is 0 Å². The smallest absolute Gasteiger partial charge is 0.200 e. The molecule has 12 heavy (non-hydrogen) atoms. The predicted molar refractivity (Wildman–Crippen MR) is 43.7 cm³/mol. The van der Waals surface area contributed by atoms with Crippen LogP contribution in [0.15, 0.2) is 12.5 Å². The molecular weight excluding hydrogens is 154 g/mol. The van der Waals surface area contributed by atoms with Crippen LogP contribution in [0.5, 0.6) is 0 Å². The number of nitrogens with zero attached hydrogens (tertiary/aromatic N) is 2. The fourth-order valence-corrected chi connectivity index (χ4v) is 1.19. The molecule has 0 aromatic carbocycles. The maximum Gasteiger partial charge on any atom is 0.200 e. The Morgan fingerprint density at radius 2 is 2.42 bits per heavy atom. The Hall–Kier alpha value is -1.16. The summed E-state index contributed by atoms with van der Waals surface area (Å²) < 4.78 is 1.70. The number of hydrogen-bond acceptors (Lipinski definition) is 3. The second-order valence-electron chi connectivity index (χ2n) is 3.38. The van der Waals surface area contributed by atoms with Gasteiger partial charge in [-0.3, -0.25) is 4.79 Å². The Balaban J connectivity index is 2.31. The van der Waals surface area contributed by atoms with Gasteiger partial charge >= 0.3 is 0 Å². The van der Waals surface area contributed by atoms with E-state index in [9.17, 15) is 4.79 Å². The Bertz CT molecular complexity index is 325. The van der Waals surface area contributed by atoms with Crippen LogP contribution < -0.4 is 5.73 Å². The molecule has 0 unspecified atom stereocenters. The molecule has 1 aromatic heterocycles. The van der Waals surface area contributed by atoms with Gasteiger partial charge in [-0.15, -0.1) is 0 Å². The normalized spacial score (nSPS) is 19.2. The summed E-state index contributed by atoms with van der Waals surface area (Å²) in [6.07, 6.45) is 4.78. The van der Waals surface area contributed by atoms with Crippen LogP contribution in [0.1, 0.15) is 23.3 Å². The van der Waals surface area contributed by atoms with Crippen LogP contribution in [0.2, 0.25) is 0 Å². The van der Waals surface area contributed by atoms with Crippen LogP contribution in [0, 0.1) is 0 Å². The number of Topliss-reactive ketones (excluding diaryl/α,β-unsaturated/α-hetero) is 1. The van der Waals surface area contributed by atoms with E-state index >= 15 is 0 Å². The van der Waals surface area contributed by atoms with Crippen LogP contribution in [0.4, 0.5) is 0 Å². The summed E-state index contributed by atoms with van der Waals surface area (Å²) in [6, 6.07) is 0. The van der Waals surface area contributed by atoms with Crippen molar-refractivity contribution in [2.45, 2.75) is 18.4 Å². The van der Waals surface area contributed by atoms with Crippen molar-refractivity contribution in [2.24, 2.45) is 12.8 Å². The SMILES string of the molecule is Cn1cncc1C(=O)C1(N)CC1. The lowest BCUT2D eigenvalue weighted by Gasteiger charge is -2.06. The summed E-state index contributed by atoms with van der Waals surface area (Å²) in [4.78, 5) is 15.5. The largest absolute Gasteiger partial charge is 0.331 e. The van der Waals surface area contributed by atoms with Crippen molar-refractivity contribution in [3.05, 3.63) is 18.2 Å². The molecule has 1 fully saturated rings. The first-order chi connectivity index (χ1) is 5.63. The van der Waals surface area contributed by atoms with Crippen molar-refractivity contribution in [3.8, 4) is 0 Å². The first-order valence-electron chi connectivity index (χ1n) is 3.93. The number of imidazole rings is 1. The van der Waals surface area contributed by atoms with Gasteiger partial charge in [0.15, 0.2) is 0 Å². The third-order valence-corrected chi connectivity index (χ3v) is 2.29. The summed E-state index contributed by atoms with van der Waals surface area (Å²) in [7, 11) is 1.80. The number of carbonyl (C=O) groups excluding carboxylic acids is 1. The van der Waals surface area contributed by atoms with Gasteiger partial charge in [-0.05, 0) is 12.8 Å². The first-order valence-corrected chi connectivity index (χ1v) is 3.93. The lowest BCUT2D eigenvalue weighted by molar-refractivity contribution is 0.0941. The van der Waals surface area contributed by atoms with E-state index in [4.69, 9.17) is 5.73 Å². The number of rotatable bonds is 2. The third-order valence-electron chi connectivity index (χ3n) is 2.29. The number of hydrogen-bond donors (Lipinski definition) is 1. The highest BCUT2D eigenvalue weighted by atomic mass is 16.1. The number of aromatic nitrogens is 2. The van der Waals surface area contributed by atoms with Crippen LogP contribution >= 0.6 is 0 Å². The zero-order valence-corrected chi connectivity index (χ0v) is 6.95. The van der Waals surface area contributed by atoms with Crippen LogP contribution in [-0.2, 0) is 7.05 Å². The Morgan fingerprint density at radius 3 is 2.83 bits per heavy atom. The molecule has 0 saturated heterocycles. The molecule has 0 spiro atoms. The maximum atomic E-state index is 11.6. The van der Waals surface area contributed by atoms with Crippen LogP contribution in [-0.4, -0.2) is 20.9 Å². The van der Waals surface area contributed by atoms with E-state index in [1.807, 2.05) is 0 Å². The molecule has 1 aliphatic rings. The van der Waals surface area contributed by atoms with Crippen LogP contribution in [0.25, 0.3) is 0 Å². The quantitative estimate of drug-likeness (QED) is 0.632. The summed E-state index contributed by atoms with van der Waals surface area (Å²) in [5.41, 5.74) is 5.79. The summed E-state index contributed by atoms with van der Waals surface area (Å²) in [5, 5.41) is 0. The molecule has 0 aliphatic heterocycles. The highest BCUT2D eigenvalue weighted by molar-refractivity contribution is 6.03. The minimum Gasteiger partial charge on any atom is -0.331 e. The molecule has 4 nitrogen and oxygen atoms in total. The second kappa shape index (κ2) is 2.17. The Labute approximate surface area is 70.4 Å². The summed E-state index contributed by atoms with van der Waals surface area (Å²) >= 11 is 0. The molecule has 0 atom stereocenters. The van der Waals surface area contributed by atoms with Gasteiger partial charge in [0, 0.05) is 7.05 Å². The molecule has 64 valence electrons. The number of aryl methyl sites for hydroxylation is 1. The Kier molecular flexibility index (Phi) is 1.35. The van der Waals surface area contributed by atoms with Gasteiger partial charge in [0.25, 0.3) is 0 Å². The lowest BCUT2D eigenvalue weighted by atomic mass is 10.1. The number of nitrogens with two attached hydrogens (primary N) is 1. The molecular formula is C8H11N3O. The van der Waals surface area contributed by atoms with Gasteiger partial charge < -0.3 is 10.3 Å². The Morgan fingerprint density at radius 1 is 1.75 bits per heavy atom. The van der Waals surface area contributed by atoms with Gasteiger partial charge in [-0.25, -0.2) is 4.98 Å². The topological polar surface area (TPSA) is 60.9 Å². The molecule has 1 heterocycles. The standard InChI is InChI=1S/C8H11N3O/c1-11-5-10-4-6(11)7(12)8(9)2-3-8/h4-5H,2-3,9H2,1H3. The van der Waals surface area contributed by atoms with Gasteiger partial charge in [-0.2, -0.15) is 0 Å².